The standard InChI is InChI=1S/C15H16O5/c1-15(18,9-16)8-7-11-12(19-2)5-3-10-4-6-13(17)20-14(10)11/h3-8,16,18H,9H2,1-2H3/b8-7-/t15-/m0/s1. The fraction of sp³-hybridized carbons (Fsp3) is 0.267. The van der Waals surface area contributed by atoms with Crippen LogP contribution in [0.5, 0.6) is 5.75 Å². The smallest absolute Gasteiger partial charge is 0.336 e. The summed E-state index contributed by atoms with van der Waals surface area (Å²) < 4.78 is 10.4. The van der Waals surface area contributed by atoms with Gasteiger partial charge in [0, 0.05) is 11.5 Å². The maximum atomic E-state index is 11.4. The molecule has 5 heteroatoms. The van der Waals surface area contributed by atoms with Gasteiger partial charge in [0.2, 0.25) is 0 Å². The van der Waals surface area contributed by atoms with Gasteiger partial charge in [0.1, 0.15) is 16.9 Å². The van der Waals surface area contributed by atoms with Crippen LogP contribution in [-0.4, -0.2) is 29.5 Å². The van der Waals surface area contributed by atoms with Crippen molar-refractivity contribution < 1.29 is 19.4 Å². The predicted octanol–water partition coefficient (Wildman–Crippen LogP) is 1.56. The van der Waals surface area contributed by atoms with Gasteiger partial charge in [-0.15, -0.1) is 0 Å². The van der Waals surface area contributed by atoms with Crippen LogP contribution in [-0.2, 0) is 0 Å². The maximum absolute atomic E-state index is 11.4. The van der Waals surface area contributed by atoms with Crippen molar-refractivity contribution in [1.82, 2.24) is 0 Å². The lowest BCUT2D eigenvalue weighted by atomic mass is 10.0. The largest absolute Gasteiger partial charge is 0.496 e. The van der Waals surface area contributed by atoms with E-state index in [-0.39, 0.29) is 0 Å². The maximum Gasteiger partial charge on any atom is 0.336 e. The monoisotopic (exact) mass is 276 g/mol. The van der Waals surface area contributed by atoms with Crippen molar-refractivity contribution in [2.45, 2.75) is 12.5 Å². The van der Waals surface area contributed by atoms with Crippen LogP contribution in [0.15, 0.2) is 39.6 Å². The second-order valence-corrected chi connectivity index (χ2v) is 4.70. The van der Waals surface area contributed by atoms with Crippen LogP contribution in [0.1, 0.15) is 12.5 Å². The zero-order valence-electron chi connectivity index (χ0n) is 11.3. The summed E-state index contributed by atoms with van der Waals surface area (Å²) in [6, 6.07) is 6.52. The normalized spacial score (nSPS) is 14.6. The Hall–Kier alpha value is -2.11. The number of hydrogen-bond acceptors (Lipinski definition) is 5. The molecule has 1 aromatic carbocycles. The predicted molar refractivity (Wildman–Crippen MR) is 75.8 cm³/mol. The summed E-state index contributed by atoms with van der Waals surface area (Å²) in [5, 5.41) is 19.6. The van der Waals surface area contributed by atoms with E-state index in [2.05, 4.69) is 0 Å². The number of hydrogen-bond donors (Lipinski definition) is 2. The number of fused-ring (bicyclic) bond motifs is 1. The van der Waals surface area contributed by atoms with Gasteiger partial charge in [-0.1, -0.05) is 6.08 Å². The number of methoxy groups -OCH3 is 1. The number of aliphatic hydroxyl groups is 2. The van der Waals surface area contributed by atoms with Gasteiger partial charge >= 0.3 is 5.63 Å². The van der Waals surface area contributed by atoms with Gasteiger partial charge in [-0.05, 0) is 31.2 Å². The lowest BCUT2D eigenvalue weighted by molar-refractivity contribution is 0.0442. The molecule has 0 unspecified atom stereocenters. The molecule has 0 saturated heterocycles. The van der Waals surface area contributed by atoms with Crippen LogP contribution >= 0.6 is 0 Å². The second kappa shape index (κ2) is 5.48. The fourth-order valence-electron chi connectivity index (χ4n) is 1.79. The third-order valence-electron chi connectivity index (χ3n) is 2.94. The first-order chi connectivity index (χ1) is 9.46. The molecule has 0 fully saturated rings. The molecule has 2 N–H and O–H groups in total. The molecule has 1 atom stereocenters. The summed E-state index contributed by atoms with van der Waals surface area (Å²) in [6.07, 6.45) is 3.00. The summed E-state index contributed by atoms with van der Waals surface area (Å²) in [5.74, 6) is 0.511. The third-order valence-corrected chi connectivity index (χ3v) is 2.94. The van der Waals surface area contributed by atoms with E-state index in [1.165, 1.54) is 26.2 Å². The van der Waals surface area contributed by atoms with Gasteiger partial charge < -0.3 is 19.4 Å². The van der Waals surface area contributed by atoms with Crippen molar-refractivity contribution in [2.24, 2.45) is 0 Å². The Bertz CT molecular complexity index is 697. The highest BCUT2D eigenvalue weighted by atomic mass is 16.5. The lowest BCUT2D eigenvalue weighted by Gasteiger charge is -2.15. The van der Waals surface area contributed by atoms with Gasteiger partial charge in [0.25, 0.3) is 0 Å². The van der Waals surface area contributed by atoms with Crippen molar-refractivity contribution in [1.29, 1.82) is 0 Å². The number of benzene rings is 1. The van der Waals surface area contributed by atoms with E-state index >= 15 is 0 Å². The average Bonchev–Trinajstić information content (AvgIpc) is 2.44. The van der Waals surface area contributed by atoms with Gasteiger partial charge in [0.05, 0.1) is 19.3 Å². The van der Waals surface area contributed by atoms with Crippen LogP contribution in [0.3, 0.4) is 0 Å². The van der Waals surface area contributed by atoms with Crippen LogP contribution in [0.2, 0.25) is 0 Å². The van der Waals surface area contributed by atoms with Gasteiger partial charge in [0.15, 0.2) is 0 Å². The molecule has 106 valence electrons. The number of aliphatic hydroxyl groups excluding tert-OH is 1. The first-order valence-electron chi connectivity index (χ1n) is 6.10. The molecule has 0 radical (unpaired) electrons. The molecular formula is C15H16O5. The molecule has 2 rings (SSSR count). The summed E-state index contributed by atoms with van der Waals surface area (Å²) in [4.78, 5) is 11.4. The molecule has 5 nitrogen and oxygen atoms in total. The minimum Gasteiger partial charge on any atom is -0.496 e. The van der Waals surface area contributed by atoms with E-state index in [1.54, 1.807) is 24.3 Å². The first kappa shape index (κ1) is 14.3. The molecule has 0 amide bonds. The quantitative estimate of drug-likeness (QED) is 0.828. The zero-order valence-corrected chi connectivity index (χ0v) is 11.3. The molecule has 1 heterocycles. The van der Waals surface area contributed by atoms with E-state index in [0.717, 1.165) is 5.39 Å². The van der Waals surface area contributed by atoms with Crippen molar-refractivity contribution in [3.8, 4) is 5.75 Å². The van der Waals surface area contributed by atoms with E-state index in [9.17, 15) is 9.90 Å². The fourth-order valence-corrected chi connectivity index (χ4v) is 1.79. The molecule has 0 aliphatic carbocycles. The minimum absolute atomic E-state index is 0.377. The molecule has 2 aromatic rings. The van der Waals surface area contributed by atoms with Crippen LogP contribution in [0, 0.1) is 0 Å². The van der Waals surface area contributed by atoms with Crippen molar-refractivity contribution in [3.05, 3.63) is 46.3 Å². The van der Waals surface area contributed by atoms with E-state index in [0.29, 0.717) is 16.9 Å². The Morgan fingerprint density at radius 1 is 1.35 bits per heavy atom. The molecule has 20 heavy (non-hydrogen) atoms. The zero-order chi connectivity index (χ0) is 14.8. The minimum atomic E-state index is -1.36. The molecule has 0 aliphatic heterocycles. The van der Waals surface area contributed by atoms with Gasteiger partial charge in [-0.2, -0.15) is 0 Å². The van der Waals surface area contributed by atoms with Gasteiger partial charge in [-0.3, -0.25) is 0 Å². The average molecular weight is 276 g/mol. The Labute approximate surface area is 115 Å². The van der Waals surface area contributed by atoms with Crippen molar-refractivity contribution in [2.75, 3.05) is 13.7 Å². The molecular weight excluding hydrogens is 260 g/mol. The summed E-state index contributed by atoms with van der Waals surface area (Å²) in [6.45, 7) is 1.05. The molecule has 0 saturated carbocycles. The lowest BCUT2D eigenvalue weighted by Crippen LogP contribution is -2.25. The molecule has 0 spiro atoms. The summed E-state index contributed by atoms with van der Waals surface area (Å²) >= 11 is 0. The third kappa shape index (κ3) is 2.89. The van der Waals surface area contributed by atoms with Gasteiger partial charge in [-0.25, -0.2) is 4.79 Å². The summed E-state index contributed by atoms with van der Waals surface area (Å²) in [7, 11) is 1.50. The molecule has 1 aromatic heterocycles. The van der Waals surface area contributed by atoms with E-state index < -0.39 is 17.8 Å². The van der Waals surface area contributed by atoms with Crippen LogP contribution < -0.4 is 10.4 Å². The first-order valence-corrected chi connectivity index (χ1v) is 6.10. The Balaban J connectivity index is 2.65. The van der Waals surface area contributed by atoms with Crippen molar-refractivity contribution in [3.63, 3.8) is 0 Å². The Morgan fingerprint density at radius 2 is 2.05 bits per heavy atom. The number of rotatable bonds is 4. The molecule has 0 aliphatic rings. The number of ether oxygens (including phenoxy) is 1. The molecule has 0 bridgehead atoms. The highest BCUT2D eigenvalue weighted by molar-refractivity contribution is 5.88. The van der Waals surface area contributed by atoms with Crippen molar-refractivity contribution >= 4 is 17.0 Å². The summed E-state index contributed by atoms with van der Waals surface area (Å²) in [5.41, 5.74) is -0.907. The Kier molecular flexibility index (Phi) is 3.92. The Morgan fingerprint density at radius 3 is 2.70 bits per heavy atom. The topological polar surface area (TPSA) is 79.9 Å². The highest BCUT2D eigenvalue weighted by Gasteiger charge is 2.15. The second-order valence-electron chi connectivity index (χ2n) is 4.70. The van der Waals surface area contributed by atoms with E-state index in [1.807, 2.05) is 0 Å². The van der Waals surface area contributed by atoms with Crippen LogP contribution in [0.4, 0.5) is 0 Å². The highest BCUT2D eigenvalue weighted by Crippen LogP contribution is 2.29. The SMILES string of the molecule is COc1ccc2ccc(=O)oc2c1/C=C\[C@](C)(O)CO. The van der Waals surface area contributed by atoms with Crippen LogP contribution in [0.25, 0.3) is 17.0 Å². The van der Waals surface area contributed by atoms with E-state index in [4.69, 9.17) is 14.3 Å².